The lowest BCUT2D eigenvalue weighted by atomic mass is 10.0. The van der Waals surface area contributed by atoms with Crippen molar-refractivity contribution < 1.29 is 0 Å². The Balaban J connectivity index is 2.38. The minimum atomic E-state index is 0.977. The highest BCUT2D eigenvalue weighted by Gasteiger charge is 2.17. The van der Waals surface area contributed by atoms with Gasteiger partial charge in [0.15, 0.2) is 0 Å². The molecule has 3 heteroatoms. The summed E-state index contributed by atoms with van der Waals surface area (Å²) in [5, 5.41) is 1.16. The van der Waals surface area contributed by atoms with Gasteiger partial charge in [0.1, 0.15) is 0 Å². The van der Waals surface area contributed by atoms with Crippen LogP contribution in [0.2, 0.25) is 0 Å². The van der Waals surface area contributed by atoms with Crippen molar-refractivity contribution in [2.24, 2.45) is 0 Å². The zero-order valence-corrected chi connectivity index (χ0v) is 12.8. The normalized spacial score (nSPS) is 15.4. The Morgan fingerprint density at radius 1 is 1.17 bits per heavy atom. The van der Waals surface area contributed by atoms with E-state index in [1.165, 1.54) is 39.7 Å². The van der Waals surface area contributed by atoms with Gasteiger partial charge >= 0.3 is 0 Å². The first-order chi connectivity index (χ1) is 8.68. The van der Waals surface area contributed by atoms with Crippen molar-refractivity contribution in [2.75, 3.05) is 5.73 Å². The highest BCUT2D eigenvalue weighted by molar-refractivity contribution is 14.1. The molecule has 0 radical (unpaired) electrons. The lowest BCUT2D eigenvalue weighted by Gasteiger charge is -2.14. The molecule has 0 unspecified atom stereocenters. The third kappa shape index (κ3) is 1.88. The van der Waals surface area contributed by atoms with Gasteiger partial charge in [0, 0.05) is 20.3 Å². The second-order valence-corrected chi connectivity index (χ2v) is 6.26. The highest BCUT2D eigenvalue weighted by Crippen LogP contribution is 2.34. The summed E-state index contributed by atoms with van der Waals surface area (Å²) < 4.78 is 1.21. The van der Waals surface area contributed by atoms with Gasteiger partial charge in [0.05, 0.1) is 5.52 Å². The number of hydrogen-bond acceptors (Lipinski definition) is 2. The van der Waals surface area contributed by atoms with E-state index in [2.05, 4.69) is 41.6 Å². The average Bonchev–Trinajstić information content (AvgIpc) is 2.59. The number of aryl methyl sites for hydroxylation is 2. The summed E-state index contributed by atoms with van der Waals surface area (Å²) in [4.78, 5) is 4.91. The monoisotopic (exact) mass is 352 g/mol. The molecular weight excluding hydrogens is 335 g/mol. The molecule has 1 aromatic carbocycles. The Kier molecular flexibility index (Phi) is 3.18. The summed E-state index contributed by atoms with van der Waals surface area (Å²) in [6, 6.07) is 4.28. The van der Waals surface area contributed by atoms with Crippen LogP contribution in [0.4, 0.5) is 5.69 Å². The lowest BCUT2D eigenvalue weighted by molar-refractivity contribution is 0.709. The summed E-state index contributed by atoms with van der Waals surface area (Å²) in [5.41, 5.74) is 12.3. The van der Waals surface area contributed by atoms with Crippen LogP contribution in [-0.4, -0.2) is 4.98 Å². The molecule has 2 nitrogen and oxygen atoms in total. The minimum Gasteiger partial charge on any atom is -0.398 e. The molecule has 18 heavy (non-hydrogen) atoms. The smallest absolute Gasteiger partial charge is 0.0766 e. The van der Waals surface area contributed by atoms with Gasteiger partial charge in [-0.1, -0.05) is 12.5 Å². The number of benzene rings is 1. The molecular formula is C15H17IN2. The fraction of sp³-hybridized carbons (Fsp3) is 0.400. The van der Waals surface area contributed by atoms with Crippen molar-refractivity contribution in [3.05, 3.63) is 32.5 Å². The maximum Gasteiger partial charge on any atom is 0.0766 e. The van der Waals surface area contributed by atoms with Gasteiger partial charge in [-0.3, -0.25) is 4.98 Å². The molecule has 0 saturated carbocycles. The van der Waals surface area contributed by atoms with E-state index in [9.17, 15) is 0 Å². The summed E-state index contributed by atoms with van der Waals surface area (Å²) in [6.45, 7) is 2.12. The number of rotatable bonds is 0. The fourth-order valence-corrected chi connectivity index (χ4v) is 3.56. The van der Waals surface area contributed by atoms with Gasteiger partial charge in [0.2, 0.25) is 0 Å². The van der Waals surface area contributed by atoms with Gasteiger partial charge < -0.3 is 5.73 Å². The number of halogens is 1. The molecule has 2 aromatic rings. The molecule has 1 aromatic heterocycles. The van der Waals surface area contributed by atoms with Gasteiger partial charge in [-0.2, -0.15) is 0 Å². The Labute approximate surface area is 121 Å². The Bertz CT molecular complexity index is 620. The SMILES string of the molecule is Cc1ccc(I)c2c(N)c3c(nc12)CCCCC3. The molecule has 2 N–H and O–H groups in total. The Hall–Kier alpha value is -0.840. The lowest BCUT2D eigenvalue weighted by Crippen LogP contribution is -2.04. The van der Waals surface area contributed by atoms with Gasteiger partial charge in [-0.05, 0) is 72.4 Å². The zero-order valence-electron chi connectivity index (χ0n) is 10.6. The van der Waals surface area contributed by atoms with E-state index in [1.54, 1.807) is 0 Å². The van der Waals surface area contributed by atoms with E-state index < -0.39 is 0 Å². The topological polar surface area (TPSA) is 38.9 Å². The standard InChI is InChI=1S/C15H17IN2/c1-9-7-8-11(16)13-14(17)10-5-3-2-4-6-12(10)18-15(9)13/h7-8H,2-6H2,1H3,(H2,17,18). The molecule has 1 aliphatic carbocycles. The van der Waals surface area contributed by atoms with Crippen molar-refractivity contribution in [3.63, 3.8) is 0 Å². The van der Waals surface area contributed by atoms with Gasteiger partial charge in [0.25, 0.3) is 0 Å². The first kappa shape index (κ1) is 12.2. The van der Waals surface area contributed by atoms with Gasteiger partial charge in [-0.15, -0.1) is 0 Å². The minimum absolute atomic E-state index is 0.977. The van der Waals surface area contributed by atoms with E-state index >= 15 is 0 Å². The van der Waals surface area contributed by atoms with Crippen LogP contribution in [0.15, 0.2) is 12.1 Å². The molecule has 3 rings (SSSR count). The number of nitrogen functional groups attached to an aromatic ring is 1. The van der Waals surface area contributed by atoms with Crippen LogP contribution in [0.1, 0.15) is 36.1 Å². The molecule has 1 aliphatic rings. The van der Waals surface area contributed by atoms with E-state index in [0.717, 1.165) is 29.4 Å². The van der Waals surface area contributed by atoms with Crippen LogP contribution < -0.4 is 5.73 Å². The van der Waals surface area contributed by atoms with Crippen LogP contribution in [0, 0.1) is 10.5 Å². The molecule has 0 aliphatic heterocycles. The number of nitrogens with two attached hydrogens (primary N) is 1. The molecule has 0 fully saturated rings. The Morgan fingerprint density at radius 3 is 2.78 bits per heavy atom. The third-order valence-electron chi connectivity index (χ3n) is 3.86. The number of pyridine rings is 1. The summed E-state index contributed by atoms with van der Waals surface area (Å²) in [6.07, 6.45) is 5.96. The summed E-state index contributed by atoms with van der Waals surface area (Å²) in [7, 11) is 0. The predicted molar refractivity (Wildman–Crippen MR) is 84.9 cm³/mol. The quantitative estimate of drug-likeness (QED) is 0.575. The molecule has 0 atom stereocenters. The van der Waals surface area contributed by atoms with Crippen molar-refractivity contribution >= 4 is 39.2 Å². The number of anilines is 1. The fourth-order valence-electron chi connectivity index (χ4n) is 2.84. The average molecular weight is 352 g/mol. The second-order valence-electron chi connectivity index (χ2n) is 5.10. The molecule has 0 amide bonds. The molecule has 0 saturated heterocycles. The molecule has 1 heterocycles. The van der Waals surface area contributed by atoms with E-state index in [0.29, 0.717) is 0 Å². The zero-order chi connectivity index (χ0) is 12.7. The third-order valence-corrected chi connectivity index (χ3v) is 4.76. The first-order valence-electron chi connectivity index (χ1n) is 6.54. The predicted octanol–water partition coefficient (Wildman–Crippen LogP) is 4.00. The number of hydrogen-bond donors (Lipinski definition) is 1. The molecule has 0 spiro atoms. The van der Waals surface area contributed by atoms with Crippen LogP contribution in [-0.2, 0) is 12.8 Å². The number of aromatic nitrogens is 1. The summed E-state index contributed by atoms with van der Waals surface area (Å²) >= 11 is 2.36. The van der Waals surface area contributed by atoms with Crippen molar-refractivity contribution in [3.8, 4) is 0 Å². The van der Waals surface area contributed by atoms with E-state index in [4.69, 9.17) is 10.7 Å². The summed E-state index contributed by atoms with van der Waals surface area (Å²) in [5.74, 6) is 0. The maximum absolute atomic E-state index is 6.43. The highest BCUT2D eigenvalue weighted by atomic mass is 127. The van der Waals surface area contributed by atoms with Crippen molar-refractivity contribution in [2.45, 2.75) is 39.0 Å². The van der Waals surface area contributed by atoms with Crippen molar-refractivity contribution in [1.82, 2.24) is 4.98 Å². The van der Waals surface area contributed by atoms with Crippen LogP contribution >= 0.6 is 22.6 Å². The first-order valence-corrected chi connectivity index (χ1v) is 7.62. The maximum atomic E-state index is 6.43. The number of nitrogens with zero attached hydrogens (tertiary/aromatic N) is 1. The van der Waals surface area contributed by atoms with Crippen LogP contribution in [0.25, 0.3) is 10.9 Å². The van der Waals surface area contributed by atoms with E-state index in [1.807, 2.05) is 0 Å². The van der Waals surface area contributed by atoms with Gasteiger partial charge in [-0.25, -0.2) is 0 Å². The second kappa shape index (κ2) is 4.68. The van der Waals surface area contributed by atoms with Crippen LogP contribution in [0.3, 0.4) is 0 Å². The number of fused-ring (bicyclic) bond motifs is 2. The van der Waals surface area contributed by atoms with Crippen LogP contribution in [0.5, 0.6) is 0 Å². The largest absolute Gasteiger partial charge is 0.398 e. The van der Waals surface area contributed by atoms with E-state index in [-0.39, 0.29) is 0 Å². The molecule has 0 bridgehead atoms. The molecule has 94 valence electrons. The van der Waals surface area contributed by atoms with Crippen molar-refractivity contribution in [1.29, 1.82) is 0 Å². The Morgan fingerprint density at radius 2 is 1.94 bits per heavy atom.